The van der Waals surface area contributed by atoms with Gasteiger partial charge in [-0.25, -0.2) is 0 Å². The average molecular weight is 547 g/mol. The van der Waals surface area contributed by atoms with E-state index in [1.165, 1.54) is 0 Å². The number of carbonyl (C=O) groups is 2. The largest absolute Gasteiger partial charge is 0.496 e. The van der Waals surface area contributed by atoms with Gasteiger partial charge < -0.3 is 14.5 Å². The lowest BCUT2D eigenvalue weighted by Crippen LogP contribution is -2.50. The zero-order chi connectivity index (χ0) is 26.6. The number of halogens is 2. The van der Waals surface area contributed by atoms with E-state index in [1.54, 1.807) is 25.3 Å². The van der Waals surface area contributed by atoms with E-state index < -0.39 is 0 Å². The Labute approximate surface area is 230 Å². The molecule has 0 bridgehead atoms. The first kappa shape index (κ1) is 29.0. The number of ether oxygens (including phenoxy) is 1. The number of amides is 2. The summed E-state index contributed by atoms with van der Waals surface area (Å²) in [7, 11) is 1.66. The topological polar surface area (TPSA) is 53.1 Å². The second-order valence-electron chi connectivity index (χ2n) is 9.20. The summed E-state index contributed by atoms with van der Waals surface area (Å²) in [5.41, 5.74) is 1.54. The maximum Gasteiger partial charge on any atom is 0.253 e. The van der Waals surface area contributed by atoms with Gasteiger partial charge in [-0.2, -0.15) is 0 Å². The molecule has 8 heteroatoms. The van der Waals surface area contributed by atoms with E-state index in [2.05, 4.69) is 11.8 Å². The number of rotatable bonds is 12. The lowest BCUT2D eigenvalue weighted by molar-refractivity contribution is -0.131. The molecule has 0 N–H and O–H groups in total. The van der Waals surface area contributed by atoms with Crippen molar-refractivity contribution >= 4 is 41.1 Å². The van der Waals surface area contributed by atoms with Crippen LogP contribution in [0.4, 0.5) is 0 Å². The van der Waals surface area contributed by atoms with Crippen LogP contribution in [0.2, 0.25) is 10.0 Å². The number of carbonyl (C=O) groups excluding carboxylic acids is 2. The smallest absolute Gasteiger partial charge is 0.253 e. The predicted octanol–water partition coefficient (Wildman–Crippen LogP) is 5.88. The monoisotopic (exact) mass is 545 g/mol. The molecule has 0 radical (unpaired) electrons. The fraction of sp³-hybridized carbons (Fsp3) is 0.448. The second kappa shape index (κ2) is 15.0. The molecule has 0 unspecified atom stereocenters. The van der Waals surface area contributed by atoms with Crippen LogP contribution in [-0.4, -0.2) is 79.4 Å². The first-order valence-corrected chi connectivity index (χ1v) is 13.7. The molecule has 0 atom stereocenters. The minimum atomic E-state index is -0.0348. The van der Waals surface area contributed by atoms with Crippen molar-refractivity contribution in [3.63, 3.8) is 0 Å². The van der Waals surface area contributed by atoms with E-state index in [0.717, 1.165) is 50.2 Å². The molecule has 1 fully saturated rings. The highest BCUT2D eigenvalue weighted by Crippen LogP contribution is 2.23. The molecule has 200 valence electrons. The third kappa shape index (κ3) is 8.77. The molecular formula is C29H37Cl2N3O3. The van der Waals surface area contributed by atoms with Crippen LogP contribution in [0.5, 0.6) is 5.75 Å². The fourth-order valence-corrected chi connectivity index (χ4v) is 4.66. The molecule has 1 heterocycles. The number of unbranched alkanes of at least 4 members (excludes halogenated alkanes) is 2. The fourth-order valence-electron chi connectivity index (χ4n) is 4.36. The maximum atomic E-state index is 13.0. The number of hydrogen-bond donors (Lipinski definition) is 0. The number of para-hydroxylation sites is 1. The van der Waals surface area contributed by atoms with E-state index in [1.807, 2.05) is 46.2 Å². The molecule has 1 aliphatic heterocycles. The van der Waals surface area contributed by atoms with Crippen LogP contribution < -0.4 is 4.74 Å². The summed E-state index contributed by atoms with van der Waals surface area (Å²) < 4.78 is 5.43. The Morgan fingerprint density at radius 3 is 2.49 bits per heavy atom. The maximum absolute atomic E-state index is 13.0. The van der Waals surface area contributed by atoms with Crippen molar-refractivity contribution in [2.45, 2.75) is 32.6 Å². The molecule has 0 saturated carbocycles. The Hall–Kier alpha value is -2.54. The summed E-state index contributed by atoms with van der Waals surface area (Å²) in [4.78, 5) is 31.9. The molecular weight excluding hydrogens is 509 g/mol. The highest BCUT2D eigenvalue weighted by molar-refractivity contribution is 6.42. The van der Waals surface area contributed by atoms with Gasteiger partial charge >= 0.3 is 0 Å². The lowest BCUT2D eigenvalue weighted by atomic mass is 10.1. The van der Waals surface area contributed by atoms with E-state index in [9.17, 15) is 9.59 Å². The standard InChI is InChI=1S/C29H37Cl2N3O3/c1-3-4-5-12-28(35)33(15-8-10-23-9-6-7-11-27(23)37-2)19-16-32-17-20-34(21-18-32)29(36)24-13-14-25(30)26(31)22-24/h6-11,13-14,22H,3-5,12,15-21H2,1-2H3/b10-8+. The summed E-state index contributed by atoms with van der Waals surface area (Å²) in [6.45, 7) is 6.93. The van der Waals surface area contributed by atoms with Crippen LogP contribution in [0.25, 0.3) is 6.08 Å². The first-order chi connectivity index (χ1) is 17.9. The summed E-state index contributed by atoms with van der Waals surface area (Å²) in [5, 5.41) is 0.823. The Morgan fingerprint density at radius 2 is 1.78 bits per heavy atom. The number of nitrogens with zero attached hydrogens (tertiary/aromatic N) is 3. The van der Waals surface area contributed by atoms with Crippen molar-refractivity contribution in [2.24, 2.45) is 0 Å². The predicted molar refractivity (Wildman–Crippen MR) is 152 cm³/mol. The van der Waals surface area contributed by atoms with Crippen LogP contribution in [0.1, 0.15) is 48.5 Å². The molecule has 2 aromatic rings. The van der Waals surface area contributed by atoms with E-state index in [-0.39, 0.29) is 11.8 Å². The number of piperazine rings is 1. The van der Waals surface area contributed by atoms with Gasteiger partial charge in [-0.3, -0.25) is 14.5 Å². The van der Waals surface area contributed by atoms with Gasteiger partial charge in [0.25, 0.3) is 5.91 Å². The van der Waals surface area contributed by atoms with Crippen molar-refractivity contribution in [3.05, 3.63) is 69.7 Å². The Bertz CT molecular complexity index is 1070. The van der Waals surface area contributed by atoms with Gasteiger partial charge in [-0.1, -0.05) is 73.3 Å². The van der Waals surface area contributed by atoms with Gasteiger partial charge in [0.15, 0.2) is 0 Å². The minimum Gasteiger partial charge on any atom is -0.496 e. The Kier molecular flexibility index (Phi) is 11.8. The molecule has 1 aliphatic rings. The second-order valence-corrected chi connectivity index (χ2v) is 10.0. The van der Waals surface area contributed by atoms with Gasteiger partial charge in [0, 0.05) is 63.4 Å². The number of hydrogen-bond acceptors (Lipinski definition) is 4. The van der Waals surface area contributed by atoms with E-state index in [0.29, 0.717) is 48.2 Å². The molecule has 3 rings (SSSR count). The first-order valence-electron chi connectivity index (χ1n) is 13.0. The molecule has 6 nitrogen and oxygen atoms in total. The van der Waals surface area contributed by atoms with Gasteiger partial charge in [0.1, 0.15) is 5.75 Å². The van der Waals surface area contributed by atoms with Crippen LogP contribution in [0.15, 0.2) is 48.5 Å². The molecule has 37 heavy (non-hydrogen) atoms. The zero-order valence-electron chi connectivity index (χ0n) is 21.8. The van der Waals surface area contributed by atoms with Crippen LogP contribution in [0.3, 0.4) is 0 Å². The quantitative estimate of drug-likeness (QED) is 0.312. The lowest BCUT2D eigenvalue weighted by Gasteiger charge is -2.36. The number of methoxy groups -OCH3 is 1. The molecule has 2 aromatic carbocycles. The van der Waals surface area contributed by atoms with Crippen molar-refractivity contribution in [2.75, 3.05) is 52.9 Å². The van der Waals surface area contributed by atoms with Gasteiger partial charge in [0.05, 0.1) is 17.2 Å². The molecule has 1 saturated heterocycles. The average Bonchev–Trinajstić information content (AvgIpc) is 2.92. The Balaban J connectivity index is 1.54. The van der Waals surface area contributed by atoms with Crippen molar-refractivity contribution < 1.29 is 14.3 Å². The molecule has 0 spiro atoms. The zero-order valence-corrected chi connectivity index (χ0v) is 23.3. The Morgan fingerprint density at radius 1 is 1.03 bits per heavy atom. The SMILES string of the molecule is CCCCCC(=O)N(C/C=C/c1ccccc1OC)CCN1CCN(C(=O)c2ccc(Cl)c(Cl)c2)CC1. The van der Waals surface area contributed by atoms with Crippen molar-refractivity contribution in [3.8, 4) is 5.75 Å². The van der Waals surface area contributed by atoms with Crippen molar-refractivity contribution in [1.29, 1.82) is 0 Å². The normalized spacial score (nSPS) is 14.2. The highest BCUT2D eigenvalue weighted by Gasteiger charge is 2.23. The van der Waals surface area contributed by atoms with Crippen molar-refractivity contribution in [1.82, 2.24) is 14.7 Å². The van der Waals surface area contributed by atoms with Gasteiger partial charge in [-0.15, -0.1) is 0 Å². The van der Waals surface area contributed by atoms with E-state index >= 15 is 0 Å². The number of benzene rings is 2. The van der Waals surface area contributed by atoms with Gasteiger partial charge in [-0.05, 0) is 30.7 Å². The van der Waals surface area contributed by atoms with E-state index in [4.69, 9.17) is 27.9 Å². The summed E-state index contributed by atoms with van der Waals surface area (Å²) in [5.74, 6) is 0.965. The summed E-state index contributed by atoms with van der Waals surface area (Å²) in [6.07, 6.45) is 7.68. The van der Waals surface area contributed by atoms with Crippen LogP contribution >= 0.6 is 23.2 Å². The molecule has 0 aromatic heterocycles. The molecule has 2 amide bonds. The van der Waals surface area contributed by atoms with Crippen LogP contribution in [-0.2, 0) is 4.79 Å². The minimum absolute atomic E-state index is 0.0348. The highest BCUT2D eigenvalue weighted by atomic mass is 35.5. The third-order valence-corrected chi connectivity index (χ3v) is 7.36. The third-order valence-electron chi connectivity index (χ3n) is 6.62. The summed E-state index contributed by atoms with van der Waals surface area (Å²) in [6, 6.07) is 12.8. The van der Waals surface area contributed by atoms with Gasteiger partial charge in [0.2, 0.25) is 5.91 Å². The summed E-state index contributed by atoms with van der Waals surface area (Å²) >= 11 is 12.1. The van der Waals surface area contributed by atoms with Crippen LogP contribution in [0, 0.1) is 0 Å². The molecule has 0 aliphatic carbocycles.